The third-order valence-electron chi connectivity index (χ3n) is 2.43. The molecule has 0 saturated carbocycles. The molecule has 1 N–H and O–H groups in total. The summed E-state index contributed by atoms with van der Waals surface area (Å²) in [5, 5.41) is 3.39. The quantitative estimate of drug-likeness (QED) is 0.688. The molecule has 0 aliphatic carbocycles. The van der Waals surface area contributed by atoms with Crippen LogP contribution in [0.5, 0.6) is 0 Å². The lowest BCUT2D eigenvalue weighted by molar-refractivity contribution is 0.718. The minimum absolute atomic E-state index is 1.11. The predicted octanol–water partition coefficient (Wildman–Crippen LogP) is 2.45. The van der Waals surface area contributed by atoms with E-state index in [1.54, 1.807) is 0 Å². The van der Waals surface area contributed by atoms with Gasteiger partial charge in [-0.15, -0.1) is 0 Å². The molecule has 1 aromatic carbocycles. The van der Waals surface area contributed by atoms with Crippen LogP contribution in [0.4, 0.5) is 0 Å². The van der Waals surface area contributed by atoms with Crippen LogP contribution in [0.25, 0.3) is 5.57 Å². The largest absolute Gasteiger partial charge is 0.316 e. The second kappa shape index (κ2) is 4.24. The Bertz CT molecular complexity index is 287. The summed E-state index contributed by atoms with van der Waals surface area (Å²) in [6.45, 7) is 2.23. The molecule has 0 fully saturated rings. The van der Waals surface area contributed by atoms with Crippen LogP contribution in [0, 0.1) is 0 Å². The topological polar surface area (TPSA) is 12.0 Å². The Labute approximate surface area is 79.5 Å². The third kappa shape index (κ3) is 2.19. The van der Waals surface area contributed by atoms with E-state index in [2.05, 4.69) is 41.7 Å². The number of nitrogens with one attached hydrogen (secondary N) is 1. The molecule has 0 bridgehead atoms. The van der Waals surface area contributed by atoms with Gasteiger partial charge in [0.15, 0.2) is 0 Å². The normalized spacial score (nSPS) is 17.7. The van der Waals surface area contributed by atoms with E-state index in [0.29, 0.717) is 0 Å². The molecule has 0 aromatic heterocycles. The molecule has 13 heavy (non-hydrogen) atoms. The number of benzene rings is 1. The molecule has 0 unspecified atom stereocenters. The van der Waals surface area contributed by atoms with Gasteiger partial charge in [-0.3, -0.25) is 0 Å². The first kappa shape index (κ1) is 8.52. The van der Waals surface area contributed by atoms with Crippen molar-refractivity contribution >= 4 is 5.57 Å². The van der Waals surface area contributed by atoms with Crippen LogP contribution in [0.3, 0.4) is 0 Å². The van der Waals surface area contributed by atoms with Crippen molar-refractivity contribution in [2.24, 2.45) is 0 Å². The summed E-state index contributed by atoms with van der Waals surface area (Å²) < 4.78 is 0. The molecule has 1 aliphatic rings. The van der Waals surface area contributed by atoms with Gasteiger partial charge >= 0.3 is 0 Å². The Morgan fingerprint density at radius 3 is 2.69 bits per heavy atom. The van der Waals surface area contributed by atoms with Gasteiger partial charge in [0.05, 0.1) is 0 Å². The molecule has 0 spiro atoms. The van der Waals surface area contributed by atoms with Gasteiger partial charge in [-0.1, -0.05) is 36.4 Å². The van der Waals surface area contributed by atoms with Crippen LogP contribution in [0.15, 0.2) is 36.4 Å². The Hall–Kier alpha value is -1.08. The van der Waals surface area contributed by atoms with Gasteiger partial charge in [0.1, 0.15) is 0 Å². The highest BCUT2D eigenvalue weighted by Crippen LogP contribution is 2.19. The lowest BCUT2D eigenvalue weighted by atomic mass is 10.0. The molecule has 1 nitrogen and oxygen atoms in total. The maximum atomic E-state index is 3.39. The minimum Gasteiger partial charge on any atom is -0.316 e. The molecule has 1 heterocycles. The molecular formula is C12H15N. The fourth-order valence-corrected chi connectivity index (χ4v) is 1.71. The van der Waals surface area contributed by atoms with E-state index in [0.717, 1.165) is 25.9 Å². The van der Waals surface area contributed by atoms with Crippen LogP contribution in [-0.2, 0) is 0 Å². The monoisotopic (exact) mass is 173 g/mol. The molecule has 2 rings (SSSR count). The molecule has 0 radical (unpaired) electrons. The summed E-state index contributed by atoms with van der Waals surface area (Å²) in [7, 11) is 0. The van der Waals surface area contributed by atoms with Crippen molar-refractivity contribution in [3.05, 3.63) is 42.0 Å². The molecule has 0 atom stereocenters. The highest BCUT2D eigenvalue weighted by Gasteiger charge is 2.03. The first-order chi connectivity index (χ1) is 6.47. The summed E-state index contributed by atoms with van der Waals surface area (Å²) in [4.78, 5) is 0. The fourth-order valence-electron chi connectivity index (χ4n) is 1.71. The Morgan fingerprint density at radius 2 is 1.85 bits per heavy atom. The molecule has 68 valence electrons. The summed E-state index contributed by atoms with van der Waals surface area (Å²) >= 11 is 0. The highest BCUT2D eigenvalue weighted by molar-refractivity contribution is 5.65. The second-order valence-electron chi connectivity index (χ2n) is 3.38. The number of rotatable bonds is 1. The molecule has 1 heteroatoms. The van der Waals surface area contributed by atoms with Gasteiger partial charge in [-0.25, -0.2) is 0 Å². The van der Waals surface area contributed by atoms with E-state index in [1.807, 2.05) is 0 Å². The first-order valence-electron chi connectivity index (χ1n) is 4.92. The zero-order valence-corrected chi connectivity index (χ0v) is 7.79. The molecule has 1 aromatic rings. The zero-order valence-electron chi connectivity index (χ0n) is 7.79. The fraction of sp³-hybridized carbons (Fsp3) is 0.333. The van der Waals surface area contributed by atoms with Crippen LogP contribution >= 0.6 is 0 Å². The van der Waals surface area contributed by atoms with Gasteiger partial charge in [-0.2, -0.15) is 0 Å². The van der Waals surface area contributed by atoms with Crippen LogP contribution < -0.4 is 5.32 Å². The lowest BCUT2D eigenvalue weighted by Crippen LogP contribution is -2.13. The van der Waals surface area contributed by atoms with Crippen molar-refractivity contribution in [1.82, 2.24) is 5.32 Å². The van der Waals surface area contributed by atoms with Crippen molar-refractivity contribution in [3.63, 3.8) is 0 Å². The molecular weight excluding hydrogens is 158 g/mol. The second-order valence-corrected chi connectivity index (χ2v) is 3.38. The SMILES string of the molecule is C1=C(c2ccccc2)CCNCC1. The van der Waals surface area contributed by atoms with Gasteiger partial charge < -0.3 is 5.32 Å². The molecule has 0 amide bonds. The standard InChI is InChI=1S/C12H15N/c1-2-5-11(6-3-1)12-7-4-9-13-10-8-12/h1-3,5-7,13H,4,8-10H2. The summed E-state index contributed by atoms with van der Waals surface area (Å²) in [5.41, 5.74) is 2.87. The van der Waals surface area contributed by atoms with Crippen molar-refractivity contribution < 1.29 is 0 Å². The first-order valence-corrected chi connectivity index (χ1v) is 4.92. The predicted molar refractivity (Wildman–Crippen MR) is 56.5 cm³/mol. The molecule has 0 saturated heterocycles. The summed E-state index contributed by atoms with van der Waals surface area (Å²) in [6.07, 6.45) is 4.67. The van der Waals surface area contributed by atoms with E-state index in [1.165, 1.54) is 11.1 Å². The van der Waals surface area contributed by atoms with Crippen molar-refractivity contribution in [1.29, 1.82) is 0 Å². The van der Waals surface area contributed by atoms with Gasteiger partial charge in [0.25, 0.3) is 0 Å². The average molecular weight is 173 g/mol. The maximum Gasteiger partial charge on any atom is -0.000812 e. The van der Waals surface area contributed by atoms with Crippen LogP contribution in [0.2, 0.25) is 0 Å². The minimum atomic E-state index is 1.11. The van der Waals surface area contributed by atoms with Crippen LogP contribution in [-0.4, -0.2) is 13.1 Å². The van der Waals surface area contributed by atoms with Crippen molar-refractivity contribution in [3.8, 4) is 0 Å². The van der Waals surface area contributed by atoms with Crippen molar-refractivity contribution in [2.75, 3.05) is 13.1 Å². The van der Waals surface area contributed by atoms with Gasteiger partial charge in [0.2, 0.25) is 0 Å². The Kier molecular flexibility index (Phi) is 2.78. The average Bonchev–Trinajstić information content (AvgIpc) is 2.47. The van der Waals surface area contributed by atoms with Gasteiger partial charge in [0, 0.05) is 0 Å². The smallest absolute Gasteiger partial charge is 0.000812 e. The lowest BCUT2D eigenvalue weighted by Gasteiger charge is -2.04. The van der Waals surface area contributed by atoms with E-state index in [4.69, 9.17) is 0 Å². The Balaban J connectivity index is 2.19. The van der Waals surface area contributed by atoms with Crippen molar-refractivity contribution in [2.45, 2.75) is 12.8 Å². The highest BCUT2D eigenvalue weighted by atomic mass is 14.8. The van der Waals surface area contributed by atoms with E-state index in [-0.39, 0.29) is 0 Å². The number of hydrogen-bond acceptors (Lipinski definition) is 1. The zero-order chi connectivity index (χ0) is 8.93. The van der Waals surface area contributed by atoms with Crippen LogP contribution in [0.1, 0.15) is 18.4 Å². The van der Waals surface area contributed by atoms with E-state index < -0.39 is 0 Å². The maximum absolute atomic E-state index is 3.39. The van der Waals surface area contributed by atoms with E-state index >= 15 is 0 Å². The molecule has 1 aliphatic heterocycles. The summed E-state index contributed by atoms with van der Waals surface area (Å²) in [5.74, 6) is 0. The Morgan fingerprint density at radius 1 is 1.00 bits per heavy atom. The van der Waals surface area contributed by atoms with E-state index in [9.17, 15) is 0 Å². The van der Waals surface area contributed by atoms with Gasteiger partial charge in [-0.05, 0) is 37.1 Å². The third-order valence-corrected chi connectivity index (χ3v) is 2.43. The number of hydrogen-bond donors (Lipinski definition) is 1. The summed E-state index contributed by atoms with van der Waals surface area (Å²) in [6, 6.07) is 10.7.